The molecular formula is C18H28N2. The molecule has 0 aromatic heterocycles. The summed E-state index contributed by atoms with van der Waals surface area (Å²) >= 11 is 0. The number of benzene rings is 1. The monoisotopic (exact) mass is 272 g/mol. The summed E-state index contributed by atoms with van der Waals surface area (Å²) in [5, 5.41) is 0. The molecule has 0 saturated carbocycles. The molecule has 1 aliphatic carbocycles. The van der Waals surface area contributed by atoms with Crippen LogP contribution < -0.4 is 5.73 Å². The molecule has 1 saturated heterocycles. The van der Waals surface area contributed by atoms with Crippen molar-refractivity contribution in [2.45, 2.75) is 63.5 Å². The maximum atomic E-state index is 6.67. The van der Waals surface area contributed by atoms with Crippen LogP contribution in [0, 0.1) is 0 Å². The number of likely N-dealkylation sites (tertiary alicyclic amines) is 1. The number of fused-ring (bicyclic) bond motifs is 1. The van der Waals surface area contributed by atoms with Gasteiger partial charge in [-0.25, -0.2) is 0 Å². The maximum absolute atomic E-state index is 6.67. The Morgan fingerprint density at radius 1 is 0.900 bits per heavy atom. The third-order valence-electron chi connectivity index (χ3n) is 5.13. The van der Waals surface area contributed by atoms with Crippen molar-refractivity contribution >= 4 is 0 Å². The van der Waals surface area contributed by atoms with Crippen LogP contribution in [0.3, 0.4) is 0 Å². The molecule has 2 N–H and O–H groups in total. The Balaban J connectivity index is 1.78. The van der Waals surface area contributed by atoms with E-state index in [0.29, 0.717) is 6.04 Å². The van der Waals surface area contributed by atoms with Gasteiger partial charge in [0.2, 0.25) is 0 Å². The van der Waals surface area contributed by atoms with E-state index in [1.807, 2.05) is 0 Å². The molecule has 0 radical (unpaired) electrons. The fourth-order valence-electron chi connectivity index (χ4n) is 3.99. The first-order valence-electron chi connectivity index (χ1n) is 8.44. The van der Waals surface area contributed by atoms with E-state index in [9.17, 15) is 0 Å². The summed E-state index contributed by atoms with van der Waals surface area (Å²) in [4.78, 5) is 2.70. The number of nitrogens with two attached hydrogens (primary N) is 1. The summed E-state index contributed by atoms with van der Waals surface area (Å²) in [5.74, 6) is 0. The first-order chi connectivity index (χ1) is 9.86. The van der Waals surface area contributed by atoms with Crippen molar-refractivity contribution in [1.29, 1.82) is 0 Å². The second-order valence-corrected chi connectivity index (χ2v) is 6.49. The summed E-state index contributed by atoms with van der Waals surface area (Å²) in [7, 11) is 0. The molecule has 1 fully saturated rings. The highest BCUT2D eigenvalue weighted by molar-refractivity contribution is 5.32. The Morgan fingerprint density at radius 2 is 1.60 bits per heavy atom. The van der Waals surface area contributed by atoms with Crippen molar-refractivity contribution in [2.24, 2.45) is 5.73 Å². The Morgan fingerprint density at radius 3 is 2.40 bits per heavy atom. The van der Waals surface area contributed by atoms with E-state index < -0.39 is 0 Å². The van der Waals surface area contributed by atoms with Crippen molar-refractivity contribution in [3.05, 3.63) is 35.4 Å². The maximum Gasteiger partial charge on any atom is 0.0455 e. The molecule has 1 aromatic rings. The minimum absolute atomic E-state index is 0.202. The predicted octanol–water partition coefficient (Wildman–Crippen LogP) is 3.66. The summed E-state index contributed by atoms with van der Waals surface area (Å²) in [6.07, 6.45) is 10.7. The molecule has 2 aliphatic rings. The average molecular weight is 272 g/mol. The quantitative estimate of drug-likeness (QED) is 0.791. The van der Waals surface area contributed by atoms with Gasteiger partial charge in [-0.3, -0.25) is 4.90 Å². The number of nitrogens with zero attached hydrogens (tertiary/aromatic N) is 1. The van der Waals surface area contributed by atoms with Gasteiger partial charge >= 0.3 is 0 Å². The molecule has 3 rings (SSSR count). The van der Waals surface area contributed by atoms with Gasteiger partial charge in [0, 0.05) is 12.1 Å². The van der Waals surface area contributed by atoms with Crippen molar-refractivity contribution < 1.29 is 0 Å². The summed E-state index contributed by atoms with van der Waals surface area (Å²) in [5.41, 5.74) is 9.55. The standard InChI is InChI=1S/C18H28N2/c19-18-16-11-5-4-9-15(16)10-8-12-17(18)20-13-6-2-1-3-7-14-20/h4-5,9,11,17-18H,1-3,6-8,10,12-14,19H2. The number of hydrogen-bond acceptors (Lipinski definition) is 2. The lowest BCUT2D eigenvalue weighted by Gasteiger charge is -2.36. The second kappa shape index (κ2) is 6.73. The molecule has 0 spiro atoms. The van der Waals surface area contributed by atoms with Gasteiger partial charge in [0.1, 0.15) is 0 Å². The highest BCUT2D eigenvalue weighted by Gasteiger charge is 2.29. The van der Waals surface area contributed by atoms with Crippen LogP contribution in [-0.4, -0.2) is 24.0 Å². The van der Waals surface area contributed by atoms with Gasteiger partial charge in [-0.1, -0.05) is 43.5 Å². The first-order valence-corrected chi connectivity index (χ1v) is 8.44. The third kappa shape index (κ3) is 3.07. The molecule has 1 aliphatic heterocycles. The molecule has 110 valence electrons. The van der Waals surface area contributed by atoms with Crippen LogP contribution in [0.2, 0.25) is 0 Å². The van der Waals surface area contributed by atoms with Gasteiger partial charge < -0.3 is 5.73 Å². The Labute approximate surface area is 123 Å². The van der Waals surface area contributed by atoms with E-state index in [1.54, 1.807) is 0 Å². The van der Waals surface area contributed by atoms with Gasteiger partial charge in [0.05, 0.1) is 0 Å². The first kappa shape index (κ1) is 14.1. The van der Waals surface area contributed by atoms with Crippen LogP contribution in [-0.2, 0) is 6.42 Å². The lowest BCUT2D eigenvalue weighted by molar-refractivity contribution is 0.148. The number of hydrogen-bond donors (Lipinski definition) is 1. The van der Waals surface area contributed by atoms with Crippen LogP contribution in [0.1, 0.15) is 62.1 Å². The van der Waals surface area contributed by atoms with Gasteiger partial charge in [0.15, 0.2) is 0 Å². The zero-order valence-corrected chi connectivity index (χ0v) is 12.6. The van der Waals surface area contributed by atoms with E-state index in [1.165, 1.54) is 75.6 Å². The molecule has 1 aromatic carbocycles. The predicted molar refractivity (Wildman–Crippen MR) is 84.8 cm³/mol. The Hall–Kier alpha value is -0.860. The van der Waals surface area contributed by atoms with Crippen molar-refractivity contribution in [2.75, 3.05) is 13.1 Å². The molecule has 0 bridgehead atoms. The van der Waals surface area contributed by atoms with Crippen LogP contribution in [0.25, 0.3) is 0 Å². The van der Waals surface area contributed by atoms with E-state index >= 15 is 0 Å². The molecule has 2 atom stereocenters. The third-order valence-corrected chi connectivity index (χ3v) is 5.13. The highest BCUT2D eigenvalue weighted by Crippen LogP contribution is 2.31. The largest absolute Gasteiger partial charge is 0.323 e. The minimum atomic E-state index is 0.202. The van der Waals surface area contributed by atoms with Gasteiger partial charge in [-0.05, 0) is 56.3 Å². The Bertz CT molecular complexity index is 421. The fourth-order valence-corrected chi connectivity index (χ4v) is 3.99. The summed E-state index contributed by atoms with van der Waals surface area (Å²) in [6, 6.07) is 9.58. The smallest absolute Gasteiger partial charge is 0.0455 e. The molecule has 0 amide bonds. The lowest BCUT2D eigenvalue weighted by atomic mass is 9.95. The van der Waals surface area contributed by atoms with E-state index in [2.05, 4.69) is 29.2 Å². The average Bonchev–Trinajstić information content (AvgIpc) is 2.59. The van der Waals surface area contributed by atoms with Crippen LogP contribution in [0.4, 0.5) is 0 Å². The number of aryl methyl sites for hydroxylation is 1. The molecule has 2 heteroatoms. The van der Waals surface area contributed by atoms with Gasteiger partial charge in [-0.2, -0.15) is 0 Å². The van der Waals surface area contributed by atoms with E-state index in [-0.39, 0.29) is 6.04 Å². The van der Waals surface area contributed by atoms with Crippen LogP contribution in [0.15, 0.2) is 24.3 Å². The fraction of sp³-hybridized carbons (Fsp3) is 0.667. The molecule has 2 nitrogen and oxygen atoms in total. The van der Waals surface area contributed by atoms with E-state index in [4.69, 9.17) is 5.73 Å². The zero-order valence-electron chi connectivity index (χ0n) is 12.6. The normalized spacial score (nSPS) is 29.1. The minimum Gasteiger partial charge on any atom is -0.323 e. The lowest BCUT2D eigenvalue weighted by Crippen LogP contribution is -2.44. The van der Waals surface area contributed by atoms with Crippen LogP contribution >= 0.6 is 0 Å². The molecule has 1 heterocycles. The van der Waals surface area contributed by atoms with E-state index in [0.717, 1.165) is 0 Å². The Kier molecular flexibility index (Phi) is 4.74. The summed E-state index contributed by atoms with van der Waals surface area (Å²) in [6.45, 7) is 2.50. The van der Waals surface area contributed by atoms with Gasteiger partial charge in [-0.15, -0.1) is 0 Å². The highest BCUT2D eigenvalue weighted by atomic mass is 15.2. The van der Waals surface area contributed by atoms with Crippen molar-refractivity contribution in [3.63, 3.8) is 0 Å². The van der Waals surface area contributed by atoms with Crippen LogP contribution in [0.5, 0.6) is 0 Å². The molecular weight excluding hydrogens is 244 g/mol. The second-order valence-electron chi connectivity index (χ2n) is 6.49. The zero-order chi connectivity index (χ0) is 13.8. The van der Waals surface area contributed by atoms with Gasteiger partial charge in [0.25, 0.3) is 0 Å². The number of rotatable bonds is 1. The topological polar surface area (TPSA) is 29.3 Å². The SMILES string of the molecule is NC1c2ccccc2CCCC1N1CCCCCCC1. The molecule has 2 unspecified atom stereocenters. The van der Waals surface area contributed by atoms with Crippen molar-refractivity contribution in [1.82, 2.24) is 4.90 Å². The summed E-state index contributed by atoms with van der Waals surface area (Å²) < 4.78 is 0. The molecule has 20 heavy (non-hydrogen) atoms. The van der Waals surface area contributed by atoms with Crippen molar-refractivity contribution in [3.8, 4) is 0 Å².